The number of anilines is 2. The molecule has 2 aromatic carbocycles. The Kier molecular flexibility index (Phi) is 8.76. The summed E-state index contributed by atoms with van der Waals surface area (Å²) in [6.07, 6.45) is 5.22. The lowest BCUT2D eigenvalue weighted by Gasteiger charge is -2.37. The van der Waals surface area contributed by atoms with E-state index in [2.05, 4.69) is 19.2 Å². The number of hydrogen-bond acceptors (Lipinski definition) is 5. The molecule has 0 atom stereocenters. The van der Waals surface area contributed by atoms with E-state index >= 15 is 0 Å². The Morgan fingerprint density at radius 1 is 1.08 bits per heavy atom. The molecule has 0 fully saturated rings. The number of fused-ring (bicyclic) bond motifs is 1. The maximum Gasteiger partial charge on any atom is 0.394 e. The lowest BCUT2D eigenvalue weighted by molar-refractivity contribution is -0.150. The summed E-state index contributed by atoms with van der Waals surface area (Å²) >= 11 is 0. The molecule has 0 radical (unpaired) electrons. The van der Waals surface area contributed by atoms with Crippen molar-refractivity contribution in [1.29, 1.82) is 0 Å². The Balaban J connectivity index is 2.18. The molecule has 0 saturated carbocycles. The maximum absolute atomic E-state index is 13.9. The second-order valence-electron chi connectivity index (χ2n) is 9.76. The molecule has 0 saturated heterocycles. The smallest absolute Gasteiger partial charge is 0.394 e. The van der Waals surface area contributed by atoms with E-state index in [-0.39, 0.29) is 23.0 Å². The largest absolute Gasteiger partial charge is 0.474 e. The number of carbonyl (C=O) groups excluding carboxylic acids is 1. The van der Waals surface area contributed by atoms with Gasteiger partial charge in [-0.2, -0.15) is 0 Å². The quantitative estimate of drug-likeness (QED) is 0.446. The summed E-state index contributed by atoms with van der Waals surface area (Å²) in [4.78, 5) is 24.6. The third-order valence-corrected chi connectivity index (χ3v) is 8.92. The Labute approximate surface area is 212 Å². The molecular weight excluding hydrogens is 483 g/mol. The van der Waals surface area contributed by atoms with E-state index in [1.807, 2.05) is 4.90 Å². The van der Waals surface area contributed by atoms with Gasteiger partial charge in [-0.1, -0.05) is 39.5 Å². The summed E-state index contributed by atoms with van der Waals surface area (Å²) in [6, 6.07) is 9.39. The Morgan fingerprint density at radius 3 is 2.25 bits per heavy atom. The maximum atomic E-state index is 13.9. The predicted octanol–water partition coefficient (Wildman–Crippen LogP) is 5.13. The van der Waals surface area contributed by atoms with Gasteiger partial charge in [-0.05, 0) is 67.3 Å². The topological polar surface area (TPSA) is 104 Å². The van der Waals surface area contributed by atoms with Gasteiger partial charge in [0.05, 0.1) is 16.3 Å². The van der Waals surface area contributed by atoms with E-state index < -0.39 is 27.1 Å². The number of hydrogen-bond donors (Lipinski definition) is 2. The van der Waals surface area contributed by atoms with Crippen LogP contribution < -0.4 is 10.2 Å². The van der Waals surface area contributed by atoms with Crippen molar-refractivity contribution in [2.45, 2.75) is 70.7 Å². The molecule has 36 heavy (non-hydrogen) atoms. The number of benzene rings is 2. The number of carboxylic acid groups (broad SMARTS) is 1. The summed E-state index contributed by atoms with van der Waals surface area (Å²) < 4.78 is 41.6. The van der Waals surface area contributed by atoms with E-state index in [4.69, 9.17) is 5.11 Å². The minimum Gasteiger partial charge on any atom is -0.474 e. The molecular formula is C27H35FN2O5S. The number of carbonyl (C=O) groups is 2. The van der Waals surface area contributed by atoms with Gasteiger partial charge in [-0.25, -0.2) is 17.6 Å². The van der Waals surface area contributed by atoms with Crippen LogP contribution in [0.15, 0.2) is 41.3 Å². The fourth-order valence-electron chi connectivity index (χ4n) is 4.95. The van der Waals surface area contributed by atoms with Crippen LogP contribution in [0.1, 0.15) is 63.5 Å². The van der Waals surface area contributed by atoms with E-state index in [0.29, 0.717) is 23.5 Å². The minimum atomic E-state index is -3.73. The van der Waals surface area contributed by atoms with E-state index in [1.54, 1.807) is 31.2 Å². The van der Waals surface area contributed by atoms with Crippen molar-refractivity contribution in [1.82, 2.24) is 5.32 Å². The molecule has 1 aliphatic rings. The number of aliphatic carboxylic acids is 1. The molecule has 9 heteroatoms. The van der Waals surface area contributed by atoms with Gasteiger partial charge >= 0.3 is 11.9 Å². The van der Waals surface area contributed by atoms with E-state index in [1.165, 1.54) is 12.1 Å². The number of unbranched alkanes of at least 4 members (excludes halogenated alkanes) is 2. The Hall–Kier alpha value is -2.94. The first-order valence-corrected chi connectivity index (χ1v) is 14.1. The highest BCUT2D eigenvalue weighted by Crippen LogP contribution is 2.45. The van der Waals surface area contributed by atoms with Gasteiger partial charge in [0.2, 0.25) is 0 Å². The number of amides is 1. The summed E-state index contributed by atoms with van der Waals surface area (Å²) in [7, 11) is -3.73. The molecule has 3 rings (SSSR count). The SMILES string of the molecule is CCCCC1(CCCC)CN(c2ccc(F)cc2)c2cc(C)c(CNC(=O)C(=O)O)cc2S(=O)(=O)C1. The van der Waals surface area contributed by atoms with Crippen LogP contribution in [0, 0.1) is 18.2 Å². The van der Waals surface area contributed by atoms with Crippen molar-refractivity contribution in [2.24, 2.45) is 5.41 Å². The van der Waals surface area contributed by atoms with Crippen molar-refractivity contribution >= 4 is 33.1 Å². The molecule has 2 aromatic rings. The van der Waals surface area contributed by atoms with Gasteiger partial charge in [0, 0.05) is 24.2 Å². The van der Waals surface area contributed by atoms with E-state index in [0.717, 1.165) is 44.1 Å². The van der Waals surface area contributed by atoms with Crippen LogP contribution in [-0.4, -0.2) is 37.7 Å². The van der Waals surface area contributed by atoms with Gasteiger partial charge in [0.15, 0.2) is 9.84 Å². The van der Waals surface area contributed by atoms with Gasteiger partial charge in [0.1, 0.15) is 5.82 Å². The zero-order valence-electron chi connectivity index (χ0n) is 21.1. The number of rotatable bonds is 9. The molecule has 1 aliphatic heterocycles. The molecule has 0 spiro atoms. The van der Waals surface area contributed by atoms with Crippen LogP contribution in [0.4, 0.5) is 15.8 Å². The van der Waals surface area contributed by atoms with Gasteiger partial charge in [-0.3, -0.25) is 4.79 Å². The molecule has 0 aromatic heterocycles. The molecule has 0 unspecified atom stereocenters. The van der Waals surface area contributed by atoms with Gasteiger partial charge in [-0.15, -0.1) is 0 Å². The lowest BCUT2D eigenvalue weighted by atomic mass is 9.79. The molecule has 2 N–H and O–H groups in total. The highest BCUT2D eigenvalue weighted by Gasteiger charge is 2.42. The van der Waals surface area contributed by atoms with Crippen LogP contribution in [0.3, 0.4) is 0 Å². The molecule has 1 heterocycles. The number of aryl methyl sites for hydroxylation is 1. The molecule has 1 amide bonds. The Bertz CT molecular complexity index is 1200. The fourth-order valence-corrected chi connectivity index (χ4v) is 7.10. The summed E-state index contributed by atoms with van der Waals surface area (Å²) in [6.45, 7) is 6.36. The highest BCUT2D eigenvalue weighted by atomic mass is 32.2. The average Bonchev–Trinajstić information content (AvgIpc) is 2.92. The van der Waals surface area contributed by atoms with Crippen LogP contribution in [-0.2, 0) is 26.0 Å². The second kappa shape index (κ2) is 11.4. The number of nitrogens with one attached hydrogen (secondary N) is 1. The summed E-state index contributed by atoms with van der Waals surface area (Å²) in [5.41, 5.74) is 1.99. The van der Waals surface area contributed by atoms with Crippen LogP contribution in [0.2, 0.25) is 0 Å². The van der Waals surface area contributed by atoms with Crippen LogP contribution >= 0.6 is 0 Å². The second-order valence-corrected chi connectivity index (χ2v) is 11.7. The first-order chi connectivity index (χ1) is 17.0. The third-order valence-electron chi connectivity index (χ3n) is 6.93. The van der Waals surface area contributed by atoms with Crippen molar-refractivity contribution in [2.75, 3.05) is 17.2 Å². The molecule has 0 bridgehead atoms. The zero-order valence-corrected chi connectivity index (χ0v) is 22.0. The average molecular weight is 519 g/mol. The first kappa shape index (κ1) is 27.6. The summed E-state index contributed by atoms with van der Waals surface area (Å²) in [5, 5.41) is 11.2. The minimum absolute atomic E-state index is 0.00528. The fraction of sp³-hybridized carbons (Fsp3) is 0.481. The van der Waals surface area contributed by atoms with Gasteiger partial charge in [0.25, 0.3) is 0 Å². The van der Waals surface area contributed by atoms with Crippen LogP contribution in [0.25, 0.3) is 0 Å². The molecule has 7 nitrogen and oxygen atoms in total. The lowest BCUT2D eigenvalue weighted by Crippen LogP contribution is -2.38. The monoisotopic (exact) mass is 518 g/mol. The normalized spacial score (nSPS) is 16.2. The number of carboxylic acids is 1. The van der Waals surface area contributed by atoms with Crippen LogP contribution in [0.5, 0.6) is 0 Å². The summed E-state index contributed by atoms with van der Waals surface area (Å²) in [5.74, 6) is -3.13. The highest BCUT2D eigenvalue weighted by molar-refractivity contribution is 7.91. The van der Waals surface area contributed by atoms with Crippen molar-refractivity contribution in [3.63, 3.8) is 0 Å². The van der Waals surface area contributed by atoms with Gasteiger partial charge < -0.3 is 15.3 Å². The zero-order chi connectivity index (χ0) is 26.5. The van der Waals surface area contributed by atoms with Crippen molar-refractivity contribution < 1.29 is 27.5 Å². The molecule has 196 valence electrons. The first-order valence-electron chi connectivity index (χ1n) is 12.4. The number of sulfone groups is 1. The third kappa shape index (κ3) is 6.24. The van der Waals surface area contributed by atoms with E-state index in [9.17, 15) is 22.4 Å². The van der Waals surface area contributed by atoms with Crippen molar-refractivity contribution in [3.05, 3.63) is 53.3 Å². The predicted molar refractivity (Wildman–Crippen MR) is 138 cm³/mol. The standard InChI is InChI=1S/C27H35FN2O5S/c1-4-6-12-27(13-7-5-2)17-30(22-10-8-21(28)9-11-22)23-14-19(3)20(16-29-25(31)26(32)33)15-24(23)36(34,35)18-27/h8-11,14-15H,4-7,12-13,16-18H2,1-3H3,(H,29,31)(H,32,33). The molecule has 0 aliphatic carbocycles. The Morgan fingerprint density at radius 2 is 1.69 bits per heavy atom. The number of halogens is 1. The number of nitrogens with zero attached hydrogens (tertiary/aromatic N) is 1. The van der Waals surface area contributed by atoms with Crippen molar-refractivity contribution in [3.8, 4) is 0 Å².